The van der Waals surface area contributed by atoms with Crippen LogP contribution in [0.25, 0.3) is 0 Å². The summed E-state index contributed by atoms with van der Waals surface area (Å²) < 4.78 is 2.08. The second-order valence-corrected chi connectivity index (χ2v) is 6.27. The highest BCUT2D eigenvalue weighted by Gasteiger charge is 2.09. The van der Waals surface area contributed by atoms with Gasteiger partial charge in [0.15, 0.2) is 0 Å². The molecule has 0 amide bonds. The molecule has 0 saturated heterocycles. The number of aromatic nitrogens is 2. The van der Waals surface area contributed by atoms with Gasteiger partial charge in [-0.3, -0.25) is 0 Å². The van der Waals surface area contributed by atoms with E-state index < -0.39 is 0 Å². The number of nitrogens with one attached hydrogen (secondary N) is 1. The van der Waals surface area contributed by atoms with Crippen molar-refractivity contribution in [2.75, 3.05) is 12.8 Å². The number of benzene rings is 1. The van der Waals surface area contributed by atoms with E-state index in [9.17, 15) is 0 Å². The van der Waals surface area contributed by atoms with Crippen LogP contribution in [0.3, 0.4) is 0 Å². The van der Waals surface area contributed by atoms with E-state index in [0.29, 0.717) is 6.04 Å². The zero-order valence-electron chi connectivity index (χ0n) is 11.8. The maximum absolute atomic E-state index is 5.89. The summed E-state index contributed by atoms with van der Waals surface area (Å²) in [5, 5.41) is 4.17. The quantitative estimate of drug-likeness (QED) is 0.795. The molecule has 3 nitrogen and oxygen atoms in total. The van der Waals surface area contributed by atoms with Gasteiger partial charge in [-0.25, -0.2) is 4.98 Å². The zero-order chi connectivity index (χ0) is 14.4. The number of rotatable bonds is 7. The SMILES string of the molecule is CNC(CCc1nccn1C)CSc1ccc(Cl)cc1. The molecule has 1 unspecified atom stereocenters. The van der Waals surface area contributed by atoms with Gasteiger partial charge in [-0.2, -0.15) is 0 Å². The molecule has 2 rings (SSSR count). The molecule has 1 heterocycles. The molecule has 20 heavy (non-hydrogen) atoms. The van der Waals surface area contributed by atoms with Crippen molar-refractivity contribution in [3.63, 3.8) is 0 Å². The summed E-state index contributed by atoms with van der Waals surface area (Å²) in [6.07, 6.45) is 5.93. The van der Waals surface area contributed by atoms with Crippen LogP contribution in [0.4, 0.5) is 0 Å². The maximum Gasteiger partial charge on any atom is 0.108 e. The molecule has 0 aliphatic rings. The number of nitrogens with zero attached hydrogens (tertiary/aromatic N) is 2. The lowest BCUT2D eigenvalue weighted by Gasteiger charge is -2.15. The standard InChI is InChI=1S/C15H20ClN3S/c1-17-13(5-8-15-18-9-10-19(15)2)11-20-14-6-3-12(16)4-7-14/h3-4,6-7,9-10,13,17H,5,8,11H2,1-2H3. The average molecular weight is 310 g/mol. The smallest absolute Gasteiger partial charge is 0.108 e. The number of hydrogen-bond acceptors (Lipinski definition) is 3. The van der Waals surface area contributed by atoms with E-state index in [1.807, 2.05) is 50.4 Å². The van der Waals surface area contributed by atoms with Gasteiger partial charge in [0.25, 0.3) is 0 Å². The Morgan fingerprint density at radius 2 is 2.10 bits per heavy atom. The molecule has 108 valence electrons. The fraction of sp³-hybridized carbons (Fsp3) is 0.400. The second-order valence-electron chi connectivity index (χ2n) is 4.74. The summed E-state index contributed by atoms with van der Waals surface area (Å²) in [6, 6.07) is 8.49. The lowest BCUT2D eigenvalue weighted by molar-refractivity contribution is 0.557. The fourth-order valence-corrected chi connectivity index (χ4v) is 3.16. The lowest BCUT2D eigenvalue weighted by atomic mass is 10.2. The van der Waals surface area contributed by atoms with Crippen LogP contribution in [0.2, 0.25) is 5.02 Å². The average Bonchev–Trinajstić information content (AvgIpc) is 2.86. The van der Waals surface area contributed by atoms with Crippen LogP contribution in [-0.2, 0) is 13.5 Å². The van der Waals surface area contributed by atoms with E-state index >= 15 is 0 Å². The fourth-order valence-electron chi connectivity index (χ4n) is 1.98. The van der Waals surface area contributed by atoms with Crippen LogP contribution in [0.5, 0.6) is 0 Å². The third kappa shape index (κ3) is 4.54. The van der Waals surface area contributed by atoms with Gasteiger partial charge < -0.3 is 9.88 Å². The predicted molar refractivity (Wildman–Crippen MR) is 86.6 cm³/mol. The third-order valence-corrected chi connectivity index (χ3v) is 4.74. The molecule has 0 radical (unpaired) electrons. The van der Waals surface area contributed by atoms with Crippen LogP contribution in [0, 0.1) is 0 Å². The molecule has 0 bridgehead atoms. The third-order valence-electron chi connectivity index (χ3n) is 3.31. The largest absolute Gasteiger partial charge is 0.338 e. The Morgan fingerprint density at radius 1 is 1.35 bits per heavy atom. The van der Waals surface area contributed by atoms with Crippen molar-refractivity contribution in [3.8, 4) is 0 Å². The first-order valence-electron chi connectivity index (χ1n) is 6.71. The summed E-state index contributed by atoms with van der Waals surface area (Å²) in [6.45, 7) is 0. The van der Waals surface area contributed by atoms with Gasteiger partial charge in [0.05, 0.1) is 0 Å². The van der Waals surface area contributed by atoms with Crippen molar-refractivity contribution in [3.05, 3.63) is 47.5 Å². The summed E-state index contributed by atoms with van der Waals surface area (Å²) in [5.74, 6) is 2.18. The van der Waals surface area contributed by atoms with Gasteiger partial charge in [-0.05, 0) is 37.7 Å². The van der Waals surface area contributed by atoms with Crippen molar-refractivity contribution < 1.29 is 0 Å². The Kier molecular flexibility index (Phi) is 5.95. The minimum absolute atomic E-state index is 0.479. The minimum atomic E-state index is 0.479. The van der Waals surface area contributed by atoms with Crippen LogP contribution in [0.15, 0.2) is 41.6 Å². The first-order chi connectivity index (χ1) is 9.69. The summed E-state index contributed by atoms with van der Waals surface area (Å²) in [5.41, 5.74) is 0. The van der Waals surface area contributed by atoms with E-state index in [-0.39, 0.29) is 0 Å². The Labute approximate surface area is 129 Å². The summed E-state index contributed by atoms with van der Waals surface area (Å²) in [7, 11) is 4.06. The molecule has 1 aromatic heterocycles. The molecule has 1 N–H and O–H groups in total. The summed E-state index contributed by atoms with van der Waals surface area (Å²) in [4.78, 5) is 5.62. The summed E-state index contributed by atoms with van der Waals surface area (Å²) >= 11 is 7.75. The topological polar surface area (TPSA) is 29.9 Å². The van der Waals surface area contributed by atoms with E-state index in [1.165, 1.54) is 4.90 Å². The molecule has 0 saturated carbocycles. The highest BCUT2D eigenvalue weighted by molar-refractivity contribution is 7.99. The molecular formula is C15H20ClN3S. The van der Waals surface area contributed by atoms with E-state index in [1.54, 1.807) is 0 Å². The van der Waals surface area contributed by atoms with Gasteiger partial charge >= 0.3 is 0 Å². The zero-order valence-corrected chi connectivity index (χ0v) is 13.4. The second kappa shape index (κ2) is 7.72. The van der Waals surface area contributed by atoms with E-state index in [0.717, 1.165) is 29.4 Å². The van der Waals surface area contributed by atoms with Crippen molar-refractivity contribution in [2.45, 2.75) is 23.8 Å². The van der Waals surface area contributed by atoms with Crippen molar-refractivity contribution >= 4 is 23.4 Å². The monoisotopic (exact) mass is 309 g/mol. The van der Waals surface area contributed by atoms with Crippen molar-refractivity contribution in [1.29, 1.82) is 0 Å². The molecule has 0 aliphatic carbocycles. The molecule has 0 aliphatic heterocycles. The number of imidazole rings is 1. The number of halogens is 1. The Hall–Kier alpha value is -0.970. The molecular weight excluding hydrogens is 290 g/mol. The van der Waals surface area contributed by atoms with Gasteiger partial charge in [0.2, 0.25) is 0 Å². The first kappa shape index (κ1) is 15.4. The molecule has 1 aromatic carbocycles. The number of hydrogen-bond donors (Lipinski definition) is 1. The van der Waals surface area contributed by atoms with Gasteiger partial charge in [-0.1, -0.05) is 11.6 Å². The van der Waals surface area contributed by atoms with Crippen LogP contribution in [-0.4, -0.2) is 28.4 Å². The normalized spacial score (nSPS) is 12.6. The first-order valence-corrected chi connectivity index (χ1v) is 8.07. The predicted octanol–water partition coefficient (Wildman–Crippen LogP) is 3.39. The van der Waals surface area contributed by atoms with Crippen molar-refractivity contribution in [2.24, 2.45) is 7.05 Å². The Morgan fingerprint density at radius 3 is 2.70 bits per heavy atom. The lowest BCUT2D eigenvalue weighted by Crippen LogP contribution is -2.28. The molecule has 1 atom stereocenters. The maximum atomic E-state index is 5.89. The Balaban J connectivity index is 1.80. The number of thioether (sulfide) groups is 1. The van der Waals surface area contributed by atoms with Gasteiger partial charge in [-0.15, -0.1) is 11.8 Å². The van der Waals surface area contributed by atoms with Crippen LogP contribution >= 0.6 is 23.4 Å². The molecule has 0 spiro atoms. The van der Waals surface area contributed by atoms with Crippen LogP contribution < -0.4 is 5.32 Å². The number of aryl methyl sites for hydroxylation is 2. The van der Waals surface area contributed by atoms with Crippen molar-refractivity contribution in [1.82, 2.24) is 14.9 Å². The highest BCUT2D eigenvalue weighted by atomic mass is 35.5. The van der Waals surface area contributed by atoms with Gasteiger partial charge in [0, 0.05) is 47.6 Å². The van der Waals surface area contributed by atoms with E-state index in [4.69, 9.17) is 11.6 Å². The Bertz CT molecular complexity index is 524. The van der Waals surface area contributed by atoms with Gasteiger partial charge in [0.1, 0.15) is 5.82 Å². The van der Waals surface area contributed by atoms with E-state index in [2.05, 4.69) is 27.0 Å². The molecule has 0 fully saturated rings. The van der Waals surface area contributed by atoms with Crippen LogP contribution in [0.1, 0.15) is 12.2 Å². The minimum Gasteiger partial charge on any atom is -0.338 e. The molecule has 5 heteroatoms. The molecule has 2 aromatic rings. The highest BCUT2D eigenvalue weighted by Crippen LogP contribution is 2.21.